The Hall–Kier alpha value is -3.10. The maximum Gasteiger partial charge on any atom is 0.261 e. The van der Waals surface area contributed by atoms with Gasteiger partial charge in [-0.3, -0.25) is 9.52 Å². The number of anilines is 2. The van der Waals surface area contributed by atoms with Gasteiger partial charge in [0.25, 0.3) is 15.9 Å². The minimum Gasteiger partial charge on any atom is -0.492 e. The quantitative estimate of drug-likeness (QED) is 0.536. The molecular formula is C21H18ClFN2O4S. The molecule has 3 aromatic rings. The van der Waals surface area contributed by atoms with Crippen molar-refractivity contribution in [3.63, 3.8) is 0 Å². The van der Waals surface area contributed by atoms with Gasteiger partial charge in [-0.05, 0) is 61.5 Å². The van der Waals surface area contributed by atoms with E-state index in [1.807, 2.05) is 0 Å². The van der Waals surface area contributed by atoms with Crippen LogP contribution in [0.1, 0.15) is 17.3 Å². The average molecular weight is 449 g/mol. The predicted octanol–water partition coefficient (Wildman–Crippen LogP) is 4.93. The van der Waals surface area contributed by atoms with Gasteiger partial charge in [-0.15, -0.1) is 0 Å². The Bertz CT molecular complexity index is 1170. The van der Waals surface area contributed by atoms with E-state index in [0.29, 0.717) is 10.7 Å². The second-order valence-corrected chi connectivity index (χ2v) is 8.26. The molecule has 0 saturated heterocycles. The van der Waals surface area contributed by atoms with Crippen molar-refractivity contribution in [1.29, 1.82) is 0 Å². The van der Waals surface area contributed by atoms with Gasteiger partial charge in [-0.25, -0.2) is 12.8 Å². The fraction of sp³-hybridized carbons (Fsp3) is 0.0952. The zero-order valence-electron chi connectivity index (χ0n) is 15.9. The molecule has 2 N–H and O–H groups in total. The molecule has 0 bridgehead atoms. The highest BCUT2D eigenvalue weighted by Gasteiger charge is 2.19. The lowest BCUT2D eigenvalue weighted by molar-refractivity contribution is 0.102. The van der Waals surface area contributed by atoms with Crippen LogP contribution in [-0.2, 0) is 10.0 Å². The number of ether oxygens (including phenoxy) is 1. The molecule has 0 saturated carbocycles. The molecule has 0 aromatic heterocycles. The topological polar surface area (TPSA) is 84.5 Å². The molecule has 30 heavy (non-hydrogen) atoms. The Balaban J connectivity index is 1.92. The second kappa shape index (κ2) is 9.15. The summed E-state index contributed by atoms with van der Waals surface area (Å²) in [6.45, 7) is 2.03. The molecule has 9 heteroatoms. The number of halogens is 2. The molecule has 0 radical (unpaired) electrons. The van der Waals surface area contributed by atoms with Crippen LogP contribution in [0.2, 0.25) is 5.02 Å². The number of benzene rings is 3. The minimum absolute atomic E-state index is 0.101. The normalized spacial score (nSPS) is 11.0. The maximum absolute atomic E-state index is 13.9. The summed E-state index contributed by atoms with van der Waals surface area (Å²) in [6.07, 6.45) is 0. The van der Waals surface area contributed by atoms with Crippen LogP contribution in [0.25, 0.3) is 0 Å². The summed E-state index contributed by atoms with van der Waals surface area (Å²) in [5.41, 5.74) is 0.252. The van der Waals surface area contributed by atoms with E-state index in [2.05, 4.69) is 10.0 Å². The van der Waals surface area contributed by atoms with E-state index in [1.54, 1.807) is 19.1 Å². The number of carbonyl (C=O) groups is 1. The fourth-order valence-corrected chi connectivity index (χ4v) is 3.83. The smallest absolute Gasteiger partial charge is 0.261 e. The number of rotatable bonds is 7. The van der Waals surface area contributed by atoms with Crippen molar-refractivity contribution in [3.8, 4) is 5.75 Å². The Morgan fingerprint density at radius 2 is 1.77 bits per heavy atom. The number of nitrogens with one attached hydrogen (secondary N) is 2. The van der Waals surface area contributed by atoms with E-state index < -0.39 is 21.7 Å². The zero-order valence-corrected chi connectivity index (χ0v) is 17.4. The van der Waals surface area contributed by atoms with Crippen molar-refractivity contribution in [1.82, 2.24) is 0 Å². The first-order valence-corrected chi connectivity index (χ1v) is 10.8. The first kappa shape index (κ1) is 21.6. The SMILES string of the molecule is CCOc1ccc(S(=O)(=O)Nc2ccc(Cl)cc2)cc1NC(=O)c1ccccc1F. The molecule has 1 amide bonds. The van der Waals surface area contributed by atoms with Gasteiger partial charge < -0.3 is 10.1 Å². The molecule has 3 rings (SSSR count). The Morgan fingerprint density at radius 3 is 2.43 bits per heavy atom. The van der Waals surface area contributed by atoms with Gasteiger partial charge in [-0.2, -0.15) is 0 Å². The summed E-state index contributed by atoms with van der Waals surface area (Å²) in [5.74, 6) is -1.16. The maximum atomic E-state index is 13.9. The summed E-state index contributed by atoms with van der Waals surface area (Å²) in [6, 6.07) is 15.7. The van der Waals surface area contributed by atoms with Gasteiger partial charge in [-0.1, -0.05) is 23.7 Å². The third kappa shape index (κ3) is 5.08. The van der Waals surface area contributed by atoms with Gasteiger partial charge >= 0.3 is 0 Å². The highest BCUT2D eigenvalue weighted by atomic mass is 35.5. The van der Waals surface area contributed by atoms with Gasteiger partial charge in [0.15, 0.2) is 0 Å². The molecular weight excluding hydrogens is 431 g/mol. The second-order valence-electron chi connectivity index (χ2n) is 6.14. The monoisotopic (exact) mass is 448 g/mol. The number of sulfonamides is 1. The molecule has 0 spiro atoms. The van der Waals surface area contributed by atoms with E-state index in [4.69, 9.17) is 16.3 Å². The molecule has 0 unspecified atom stereocenters. The van der Waals surface area contributed by atoms with Crippen molar-refractivity contribution >= 4 is 38.9 Å². The van der Waals surface area contributed by atoms with Gasteiger partial charge in [0.05, 0.1) is 22.8 Å². The summed E-state index contributed by atoms with van der Waals surface area (Å²) >= 11 is 5.82. The Morgan fingerprint density at radius 1 is 1.07 bits per heavy atom. The van der Waals surface area contributed by atoms with Crippen LogP contribution in [0.3, 0.4) is 0 Å². The highest BCUT2D eigenvalue weighted by molar-refractivity contribution is 7.92. The first-order chi connectivity index (χ1) is 14.3. The van der Waals surface area contributed by atoms with Crippen LogP contribution in [0, 0.1) is 5.82 Å². The third-order valence-corrected chi connectivity index (χ3v) is 5.66. The first-order valence-electron chi connectivity index (χ1n) is 8.91. The summed E-state index contributed by atoms with van der Waals surface area (Å²) < 4.78 is 47.3. The largest absolute Gasteiger partial charge is 0.492 e. The number of amides is 1. The third-order valence-electron chi connectivity index (χ3n) is 4.02. The Kier molecular flexibility index (Phi) is 6.59. The molecule has 156 valence electrons. The summed E-state index contributed by atoms with van der Waals surface area (Å²) in [7, 11) is -3.96. The number of carbonyl (C=O) groups excluding carboxylic acids is 1. The zero-order chi connectivity index (χ0) is 21.7. The van der Waals surface area contributed by atoms with Crippen LogP contribution >= 0.6 is 11.6 Å². The van der Waals surface area contributed by atoms with Crippen molar-refractivity contribution in [3.05, 3.63) is 83.1 Å². The molecule has 0 fully saturated rings. The van der Waals surface area contributed by atoms with Crippen molar-refractivity contribution in [2.75, 3.05) is 16.6 Å². The predicted molar refractivity (Wildman–Crippen MR) is 114 cm³/mol. The summed E-state index contributed by atoms with van der Waals surface area (Å²) in [4.78, 5) is 12.4. The van der Waals surface area contributed by atoms with Gasteiger partial charge in [0, 0.05) is 10.7 Å². The van der Waals surface area contributed by atoms with Gasteiger partial charge in [0.1, 0.15) is 11.6 Å². The van der Waals surface area contributed by atoms with E-state index in [1.165, 1.54) is 48.5 Å². The lowest BCUT2D eigenvalue weighted by Gasteiger charge is -2.14. The van der Waals surface area contributed by atoms with Crippen molar-refractivity contribution in [2.24, 2.45) is 0 Å². The minimum atomic E-state index is -3.96. The lowest BCUT2D eigenvalue weighted by atomic mass is 10.2. The van der Waals surface area contributed by atoms with Crippen LogP contribution < -0.4 is 14.8 Å². The van der Waals surface area contributed by atoms with E-state index in [9.17, 15) is 17.6 Å². The molecule has 0 aliphatic heterocycles. The molecule has 6 nitrogen and oxygen atoms in total. The lowest BCUT2D eigenvalue weighted by Crippen LogP contribution is -2.17. The molecule has 0 aliphatic rings. The number of hydrogen-bond donors (Lipinski definition) is 2. The van der Waals surface area contributed by atoms with Crippen LogP contribution in [0.4, 0.5) is 15.8 Å². The summed E-state index contributed by atoms with van der Waals surface area (Å²) in [5, 5.41) is 2.99. The standard InChI is InChI=1S/C21H18ClFN2O4S/c1-2-29-20-12-11-16(30(27,28)25-15-9-7-14(22)8-10-15)13-19(20)24-21(26)17-5-3-4-6-18(17)23/h3-13,25H,2H2,1H3,(H,24,26). The van der Waals surface area contributed by atoms with E-state index in [0.717, 1.165) is 6.07 Å². The van der Waals surface area contributed by atoms with Crippen LogP contribution in [0.5, 0.6) is 5.75 Å². The Labute approximate surface area is 178 Å². The molecule has 0 atom stereocenters. The van der Waals surface area contributed by atoms with Crippen molar-refractivity contribution in [2.45, 2.75) is 11.8 Å². The van der Waals surface area contributed by atoms with E-state index >= 15 is 0 Å². The van der Waals surface area contributed by atoms with Crippen molar-refractivity contribution < 1.29 is 22.3 Å². The van der Waals surface area contributed by atoms with Gasteiger partial charge in [0.2, 0.25) is 0 Å². The van der Waals surface area contributed by atoms with Crippen LogP contribution in [-0.4, -0.2) is 20.9 Å². The molecule has 3 aromatic carbocycles. The molecule has 0 heterocycles. The average Bonchev–Trinajstić information content (AvgIpc) is 2.71. The molecule has 0 aliphatic carbocycles. The highest BCUT2D eigenvalue weighted by Crippen LogP contribution is 2.29. The van der Waals surface area contributed by atoms with Crippen LogP contribution in [0.15, 0.2) is 71.6 Å². The number of hydrogen-bond acceptors (Lipinski definition) is 4. The van der Waals surface area contributed by atoms with E-state index in [-0.39, 0.29) is 28.5 Å². The fourth-order valence-electron chi connectivity index (χ4n) is 2.62.